The summed E-state index contributed by atoms with van der Waals surface area (Å²) in [5, 5.41) is 0. The van der Waals surface area contributed by atoms with E-state index in [9.17, 15) is 13.4 Å². The number of carbonyl (C=O) groups excluding carboxylic acids is 1. The normalized spacial score (nSPS) is 12.8. The Balaban J connectivity index is 2.66. The van der Waals surface area contributed by atoms with Gasteiger partial charge in [-0.3, -0.25) is 9.00 Å². The zero-order valence-corrected chi connectivity index (χ0v) is 10.2. The molecule has 0 aliphatic heterocycles. The van der Waals surface area contributed by atoms with Crippen molar-refractivity contribution in [3.63, 3.8) is 0 Å². The number of carbonyl (C=O) groups is 1. The van der Waals surface area contributed by atoms with Crippen molar-refractivity contribution in [2.75, 3.05) is 11.5 Å². The number of halogens is 1. The Hall–Kier alpha value is -1.03. The zero-order chi connectivity index (χ0) is 12.1. The number of Topliss-reactive ketones (excluding diaryl/α,β-unsaturated/α-hetero) is 1. The summed E-state index contributed by atoms with van der Waals surface area (Å²) in [5.41, 5.74) is 0.0274. The molecule has 0 fully saturated rings. The highest BCUT2D eigenvalue weighted by Crippen LogP contribution is 2.08. The lowest BCUT2D eigenvalue weighted by Gasteiger charge is -2.05. The molecule has 1 aromatic carbocycles. The summed E-state index contributed by atoms with van der Waals surface area (Å²) in [4.78, 5) is 11.6. The molecule has 16 heavy (non-hydrogen) atoms. The summed E-state index contributed by atoms with van der Waals surface area (Å²) in [7, 11) is -1.21. The van der Waals surface area contributed by atoms with Gasteiger partial charge in [-0.15, -0.1) is 0 Å². The van der Waals surface area contributed by atoms with Gasteiger partial charge in [-0.05, 0) is 18.1 Å². The lowest BCUT2D eigenvalue weighted by Crippen LogP contribution is -2.16. The van der Waals surface area contributed by atoms with Crippen molar-refractivity contribution < 1.29 is 13.4 Å². The van der Waals surface area contributed by atoms with Gasteiger partial charge in [0.2, 0.25) is 0 Å². The van der Waals surface area contributed by atoms with E-state index in [1.54, 1.807) is 6.07 Å². The molecule has 0 heterocycles. The summed E-state index contributed by atoms with van der Waals surface area (Å²) < 4.78 is 24.7. The number of hydrogen-bond donors (Lipinski definition) is 0. The molecule has 0 bridgehead atoms. The lowest BCUT2D eigenvalue weighted by atomic mass is 10.1. The van der Waals surface area contributed by atoms with Crippen LogP contribution >= 0.6 is 0 Å². The lowest BCUT2D eigenvalue weighted by molar-refractivity contribution is 0.101. The van der Waals surface area contributed by atoms with E-state index in [0.717, 1.165) is 0 Å². The Kier molecular flexibility index (Phi) is 4.80. The van der Waals surface area contributed by atoms with Crippen LogP contribution in [0.1, 0.15) is 24.2 Å². The first-order chi connectivity index (χ1) is 7.50. The molecule has 0 aliphatic rings. The molecular weight excluding hydrogens is 227 g/mol. The third-order valence-electron chi connectivity index (χ3n) is 1.99. The fourth-order valence-electron chi connectivity index (χ4n) is 1.34. The highest BCUT2D eigenvalue weighted by molar-refractivity contribution is 7.85. The largest absolute Gasteiger partial charge is 0.293 e. The highest BCUT2D eigenvalue weighted by atomic mass is 32.2. The van der Waals surface area contributed by atoms with Gasteiger partial charge in [-0.2, -0.15) is 0 Å². The SMILES string of the molecule is CC(C)CS(=O)CC(=O)c1ccccc1F. The van der Waals surface area contributed by atoms with Crippen molar-refractivity contribution in [3.8, 4) is 0 Å². The monoisotopic (exact) mass is 242 g/mol. The first kappa shape index (κ1) is 13.0. The van der Waals surface area contributed by atoms with Crippen LogP contribution in [0, 0.1) is 11.7 Å². The van der Waals surface area contributed by atoms with E-state index in [1.807, 2.05) is 13.8 Å². The van der Waals surface area contributed by atoms with Crippen molar-refractivity contribution in [2.45, 2.75) is 13.8 Å². The van der Waals surface area contributed by atoms with Crippen LogP contribution in [-0.4, -0.2) is 21.5 Å². The maximum atomic E-state index is 13.2. The maximum Gasteiger partial charge on any atom is 0.178 e. The van der Waals surface area contributed by atoms with Gasteiger partial charge >= 0.3 is 0 Å². The predicted molar refractivity (Wildman–Crippen MR) is 63.4 cm³/mol. The molecule has 0 spiro atoms. The van der Waals surface area contributed by atoms with Crippen molar-refractivity contribution in [1.82, 2.24) is 0 Å². The van der Waals surface area contributed by atoms with Gasteiger partial charge in [-0.25, -0.2) is 4.39 Å². The number of rotatable bonds is 5. The van der Waals surface area contributed by atoms with Crippen LogP contribution in [0.3, 0.4) is 0 Å². The van der Waals surface area contributed by atoms with Gasteiger partial charge in [0.05, 0.1) is 11.3 Å². The van der Waals surface area contributed by atoms with E-state index in [4.69, 9.17) is 0 Å². The van der Waals surface area contributed by atoms with Crippen LogP contribution in [-0.2, 0) is 10.8 Å². The van der Waals surface area contributed by atoms with E-state index in [1.165, 1.54) is 18.2 Å². The van der Waals surface area contributed by atoms with Gasteiger partial charge in [0, 0.05) is 16.6 Å². The second-order valence-corrected chi connectivity index (χ2v) is 5.55. The first-order valence-corrected chi connectivity index (χ1v) is 6.62. The van der Waals surface area contributed by atoms with Gasteiger partial charge < -0.3 is 0 Å². The second kappa shape index (κ2) is 5.89. The maximum absolute atomic E-state index is 13.2. The van der Waals surface area contributed by atoms with Crippen LogP contribution in [0.2, 0.25) is 0 Å². The molecule has 0 N–H and O–H groups in total. The topological polar surface area (TPSA) is 34.1 Å². The fraction of sp³-hybridized carbons (Fsp3) is 0.417. The van der Waals surface area contributed by atoms with E-state index in [-0.39, 0.29) is 17.2 Å². The number of benzene rings is 1. The summed E-state index contributed by atoms with van der Waals surface area (Å²) in [5.74, 6) is -0.292. The molecule has 0 saturated carbocycles. The van der Waals surface area contributed by atoms with Gasteiger partial charge in [0.15, 0.2) is 5.78 Å². The molecule has 4 heteroatoms. The molecule has 0 saturated heterocycles. The Morgan fingerprint density at radius 2 is 2.00 bits per heavy atom. The number of ketones is 1. The predicted octanol–water partition coefficient (Wildman–Crippen LogP) is 2.41. The van der Waals surface area contributed by atoms with Gasteiger partial charge in [0.1, 0.15) is 5.82 Å². The first-order valence-electron chi connectivity index (χ1n) is 5.13. The minimum absolute atomic E-state index is 0.0274. The molecule has 1 aromatic rings. The molecule has 1 atom stereocenters. The third kappa shape index (κ3) is 3.85. The highest BCUT2D eigenvalue weighted by Gasteiger charge is 2.14. The minimum Gasteiger partial charge on any atom is -0.293 e. The average Bonchev–Trinajstić information content (AvgIpc) is 2.16. The third-order valence-corrected chi connectivity index (χ3v) is 3.61. The van der Waals surface area contributed by atoms with Crippen molar-refractivity contribution in [2.24, 2.45) is 5.92 Å². The molecule has 1 unspecified atom stereocenters. The van der Waals surface area contributed by atoms with E-state index < -0.39 is 22.4 Å². The summed E-state index contributed by atoms with van der Waals surface area (Å²) >= 11 is 0. The second-order valence-electron chi connectivity index (χ2n) is 4.05. The molecule has 88 valence electrons. The van der Waals surface area contributed by atoms with E-state index in [2.05, 4.69) is 0 Å². The van der Waals surface area contributed by atoms with E-state index >= 15 is 0 Å². The van der Waals surface area contributed by atoms with Gasteiger partial charge in [-0.1, -0.05) is 26.0 Å². The Morgan fingerprint density at radius 3 is 2.56 bits per heavy atom. The van der Waals surface area contributed by atoms with Crippen molar-refractivity contribution in [1.29, 1.82) is 0 Å². The van der Waals surface area contributed by atoms with Crippen molar-refractivity contribution in [3.05, 3.63) is 35.6 Å². The summed E-state index contributed by atoms with van der Waals surface area (Å²) in [6.45, 7) is 3.87. The van der Waals surface area contributed by atoms with Crippen molar-refractivity contribution >= 4 is 16.6 Å². The van der Waals surface area contributed by atoms with Crippen LogP contribution < -0.4 is 0 Å². The van der Waals surface area contributed by atoms with Crippen LogP contribution in [0.15, 0.2) is 24.3 Å². The van der Waals surface area contributed by atoms with E-state index in [0.29, 0.717) is 5.75 Å². The average molecular weight is 242 g/mol. The smallest absolute Gasteiger partial charge is 0.178 e. The number of hydrogen-bond acceptors (Lipinski definition) is 2. The molecule has 2 nitrogen and oxygen atoms in total. The minimum atomic E-state index is -1.21. The van der Waals surface area contributed by atoms with Gasteiger partial charge in [0.25, 0.3) is 0 Å². The molecular formula is C12H15FO2S. The van der Waals surface area contributed by atoms with Crippen LogP contribution in [0.5, 0.6) is 0 Å². The Labute approximate surface area is 97.3 Å². The molecule has 0 aromatic heterocycles. The fourth-order valence-corrected chi connectivity index (χ4v) is 2.65. The summed E-state index contributed by atoms with van der Waals surface area (Å²) in [6.07, 6.45) is 0. The van der Waals surface area contributed by atoms with Crippen LogP contribution in [0.4, 0.5) is 4.39 Å². The molecule has 0 aliphatic carbocycles. The Morgan fingerprint density at radius 1 is 1.38 bits per heavy atom. The van der Waals surface area contributed by atoms with Crippen LogP contribution in [0.25, 0.3) is 0 Å². The molecule has 0 amide bonds. The molecule has 1 rings (SSSR count). The summed E-state index contributed by atoms with van der Waals surface area (Å²) in [6, 6.07) is 5.78. The zero-order valence-electron chi connectivity index (χ0n) is 9.40. The standard InChI is InChI=1S/C12H15FO2S/c1-9(2)7-16(15)8-12(14)10-5-3-4-6-11(10)13/h3-6,9H,7-8H2,1-2H3. The molecule has 0 radical (unpaired) electrons. The quantitative estimate of drug-likeness (QED) is 0.743. The Bertz CT molecular complexity index is 402.